The van der Waals surface area contributed by atoms with Crippen molar-refractivity contribution in [1.82, 2.24) is 9.78 Å². The van der Waals surface area contributed by atoms with E-state index >= 15 is 0 Å². The van der Waals surface area contributed by atoms with Crippen molar-refractivity contribution in [2.75, 3.05) is 24.4 Å². The molecule has 37 heavy (non-hydrogen) atoms. The summed E-state index contributed by atoms with van der Waals surface area (Å²) < 4.78 is 12.4. The van der Waals surface area contributed by atoms with Crippen LogP contribution in [0.1, 0.15) is 22.3 Å². The molecule has 0 fully saturated rings. The van der Waals surface area contributed by atoms with Gasteiger partial charge in [-0.3, -0.25) is 14.5 Å². The molecule has 3 aromatic carbocycles. The van der Waals surface area contributed by atoms with Crippen LogP contribution in [0.2, 0.25) is 5.02 Å². The zero-order valence-electron chi connectivity index (χ0n) is 20.4. The van der Waals surface area contributed by atoms with E-state index in [2.05, 4.69) is 10.4 Å². The number of fused-ring (bicyclic) bond motifs is 1. The number of hydrogen-bond acceptors (Lipinski definition) is 5. The molecular formula is C28H25ClN4O4. The van der Waals surface area contributed by atoms with E-state index in [0.717, 1.165) is 22.6 Å². The molecule has 5 rings (SSSR count). The normalized spacial score (nSPS) is 12.7. The van der Waals surface area contributed by atoms with E-state index in [9.17, 15) is 9.59 Å². The molecule has 1 aliphatic heterocycles. The molecule has 9 heteroatoms. The van der Waals surface area contributed by atoms with Gasteiger partial charge >= 0.3 is 0 Å². The molecule has 0 spiro atoms. The fourth-order valence-electron chi connectivity index (χ4n) is 4.26. The number of amides is 2. The number of ether oxygens (including phenoxy) is 2. The summed E-state index contributed by atoms with van der Waals surface area (Å²) in [5.41, 5.74) is 3.54. The Hall–Kier alpha value is -4.30. The minimum Gasteiger partial charge on any atom is -0.497 e. The fourth-order valence-corrected chi connectivity index (χ4v) is 4.45. The van der Waals surface area contributed by atoms with E-state index in [1.807, 2.05) is 47.1 Å². The zero-order valence-corrected chi connectivity index (χ0v) is 21.2. The van der Waals surface area contributed by atoms with Crippen LogP contribution in [0.3, 0.4) is 0 Å². The van der Waals surface area contributed by atoms with Crippen LogP contribution in [0.15, 0.2) is 72.8 Å². The second-order valence-electron chi connectivity index (χ2n) is 8.57. The standard InChI is InChI=1S/C28H25ClN4O4/c1-36-22-10-11-25(37-2)24(15-22)30-28(35)19-8-6-18(7-9-19)17-32-26-16-23(20-4-3-5-21(29)14-20)31-33(26)13-12-27(32)34/h3-11,14-16H,12-13,17H2,1-2H3,(H,30,35). The van der Waals surface area contributed by atoms with Crippen molar-refractivity contribution in [2.24, 2.45) is 0 Å². The van der Waals surface area contributed by atoms with Gasteiger partial charge in [-0.15, -0.1) is 0 Å². The molecule has 4 aromatic rings. The number of halogens is 1. The smallest absolute Gasteiger partial charge is 0.255 e. The maximum atomic E-state index is 12.9. The summed E-state index contributed by atoms with van der Waals surface area (Å²) in [6.07, 6.45) is 0.368. The summed E-state index contributed by atoms with van der Waals surface area (Å²) in [6.45, 7) is 0.892. The number of anilines is 2. The maximum absolute atomic E-state index is 12.9. The van der Waals surface area contributed by atoms with Gasteiger partial charge < -0.3 is 14.8 Å². The quantitative estimate of drug-likeness (QED) is 0.355. The summed E-state index contributed by atoms with van der Waals surface area (Å²) in [7, 11) is 3.10. The van der Waals surface area contributed by atoms with E-state index in [1.54, 1.807) is 42.3 Å². The van der Waals surface area contributed by atoms with Crippen LogP contribution in [0.4, 0.5) is 11.5 Å². The number of methoxy groups -OCH3 is 2. The first-order valence-corrected chi connectivity index (χ1v) is 12.1. The van der Waals surface area contributed by atoms with Crippen LogP contribution in [0, 0.1) is 0 Å². The first-order chi connectivity index (χ1) is 17.9. The molecule has 0 bridgehead atoms. The highest BCUT2D eigenvalue weighted by molar-refractivity contribution is 6.30. The second-order valence-corrected chi connectivity index (χ2v) is 9.00. The number of aryl methyl sites for hydroxylation is 1. The Kier molecular flexibility index (Phi) is 6.83. The lowest BCUT2D eigenvalue weighted by Crippen LogP contribution is -2.36. The molecule has 2 amide bonds. The molecule has 188 valence electrons. The SMILES string of the molecule is COc1ccc(OC)c(NC(=O)c2ccc(CN3C(=O)CCn4nc(-c5cccc(Cl)c5)cc43)cc2)c1. The lowest BCUT2D eigenvalue weighted by Gasteiger charge is -2.27. The minimum atomic E-state index is -0.281. The number of rotatable bonds is 7. The predicted molar refractivity (Wildman–Crippen MR) is 142 cm³/mol. The number of nitrogens with zero attached hydrogens (tertiary/aromatic N) is 3. The monoisotopic (exact) mass is 516 g/mol. The second kappa shape index (κ2) is 10.4. The number of carbonyl (C=O) groups is 2. The number of benzene rings is 3. The predicted octanol–water partition coefficient (Wildman–Crippen LogP) is 5.41. The molecule has 1 aliphatic rings. The summed E-state index contributed by atoms with van der Waals surface area (Å²) in [5.74, 6) is 1.62. The molecule has 2 heterocycles. The lowest BCUT2D eigenvalue weighted by atomic mass is 10.1. The van der Waals surface area contributed by atoms with E-state index in [1.165, 1.54) is 7.11 Å². The molecule has 0 unspecified atom stereocenters. The molecular weight excluding hydrogens is 492 g/mol. The van der Waals surface area contributed by atoms with Gasteiger partial charge in [-0.1, -0.05) is 35.9 Å². The van der Waals surface area contributed by atoms with Gasteiger partial charge in [-0.2, -0.15) is 5.10 Å². The molecule has 8 nitrogen and oxygen atoms in total. The van der Waals surface area contributed by atoms with Crippen LogP contribution in [0.25, 0.3) is 11.3 Å². The molecule has 0 radical (unpaired) electrons. The number of aromatic nitrogens is 2. The first-order valence-electron chi connectivity index (χ1n) is 11.7. The Morgan fingerprint density at radius 1 is 1.03 bits per heavy atom. The van der Waals surface area contributed by atoms with Crippen LogP contribution in [0.5, 0.6) is 11.5 Å². The Morgan fingerprint density at radius 3 is 2.57 bits per heavy atom. The van der Waals surface area contributed by atoms with Gasteiger partial charge in [0.05, 0.1) is 38.7 Å². The highest BCUT2D eigenvalue weighted by Gasteiger charge is 2.26. The largest absolute Gasteiger partial charge is 0.497 e. The van der Waals surface area contributed by atoms with Gasteiger partial charge in [0, 0.05) is 34.7 Å². The zero-order chi connectivity index (χ0) is 25.9. The average Bonchev–Trinajstić information content (AvgIpc) is 3.35. The molecule has 1 N–H and O–H groups in total. The van der Waals surface area contributed by atoms with Crippen LogP contribution < -0.4 is 19.7 Å². The summed E-state index contributed by atoms with van der Waals surface area (Å²) in [5, 5.41) is 8.18. The van der Waals surface area contributed by atoms with Crippen LogP contribution in [-0.4, -0.2) is 35.8 Å². The van der Waals surface area contributed by atoms with Crippen LogP contribution in [-0.2, 0) is 17.9 Å². The van der Waals surface area contributed by atoms with Gasteiger partial charge in [0.15, 0.2) is 0 Å². The van der Waals surface area contributed by atoms with Crippen molar-refractivity contribution in [3.63, 3.8) is 0 Å². The van der Waals surface area contributed by atoms with E-state index in [-0.39, 0.29) is 11.8 Å². The average molecular weight is 517 g/mol. The van der Waals surface area contributed by atoms with Crippen molar-refractivity contribution >= 4 is 34.9 Å². The van der Waals surface area contributed by atoms with Gasteiger partial charge in [-0.25, -0.2) is 4.68 Å². The summed E-state index contributed by atoms with van der Waals surface area (Å²) >= 11 is 6.15. The Balaban J connectivity index is 1.33. The third-order valence-electron chi connectivity index (χ3n) is 6.21. The van der Waals surface area contributed by atoms with Crippen molar-refractivity contribution < 1.29 is 19.1 Å². The van der Waals surface area contributed by atoms with Gasteiger partial charge in [-0.05, 0) is 42.0 Å². The summed E-state index contributed by atoms with van der Waals surface area (Å²) in [6, 6.07) is 21.8. The molecule has 0 aliphatic carbocycles. The molecule has 0 saturated heterocycles. The summed E-state index contributed by atoms with van der Waals surface area (Å²) in [4.78, 5) is 27.4. The molecule has 0 saturated carbocycles. The minimum absolute atomic E-state index is 0.0250. The van der Waals surface area contributed by atoms with E-state index in [0.29, 0.717) is 47.3 Å². The molecule has 1 aromatic heterocycles. The third-order valence-corrected chi connectivity index (χ3v) is 6.44. The van der Waals surface area contributed by atoms with Gasteiger partial charge in [0.1, 0.15) is 17.3 Å². The number of carbonyl (C=O) groups excluding carboxylic acids is 2. The van der Waals surface area contributed by atoms with Gasteiger partial charge in [0.25, 0.3) is 5.91 Å². The number of hydrogen-bond donors (Lipinski definition) is 1. The van der Waals surface area contributed by atoms with Crippen LogP contribution >= 0.6 is 11.6 Å². The highest BCUT2D eigenvalue weighted by Crippen LogP contribution is 2.31. The Labute approximate surface area is 219 Å². The van der Waals surface area contributed by atoms with E-state index in [4.69, 9.17) is 21.1 Å². The maximum Gasteiger partial charge on any atom is 0.255 e. The van der Waals surface area contributed by atoms with Crippen molar-refractivity contribution in [3.05, 3.63) is 88.9 Å². The fraction of sp³-hybridized carbons (Fsp3) is 0.179. The van der Waals surface area contributed by atoms with Crippen molar-refractivity contribution in [2.45, 2.75) is 19.5 Å². The Bertz CT molecular complexity index is 1470. The molecule has 0 atom stereocenters. The lowest BCUT2D eigenvalue weighted by molar-refractivity contribution is -0.119. The highest BCUT2D eigenvalue weighted by atomic mass is 35.5. The third kappa shape index (κ3) is 5.15. The first kappa shape index (κ1) is 24.4. The topological polar surface area (TPSA) is 85.7 Å². The van der Waals surface area contributed by atoms with Crippen molar-refractivity contribution in [1.29, 1.82) is 0 Å². The van der Waals surface area contributed by atoms with Gasteiger partial charge in [0.2, 0.25) is 5.91 Å². The van der Waals surface area contributed by atoms with E-state index < -0.39 is 0 Å². The Morgan fingerprint density at radius 2 is 1.84 bits per heavy atom. The number of nitrogens with one attached hydrogen (secondary N) is 1. The van der Waals surface area contributed by atoms with Crippen molar-refractivity contribution in [3.8, 4) is 22.8 Å².